The number of sulfonamides is 1. The summed E-state index contributed by atoms with van der Waals surface area (Å²) in [6, 6.07) is 4.98. The van der Waals surface area contributed by atoms with E-state index in [9.17, 15) is 13.2 Å². The predicted molar refractivity (Wildman–Crippen MR) is 105 cm³/mol. The third kappa shape index (κ3) is 4.16. The number of carbonyl (C=O) groups excluding carboxylic acids is 1. The number of aromatic nitrogens is 2. The number of amides is 1. The SMILES string of the molecule is CN(C)S(=O)(=O)c1ccc2c(c1)nc(CCC(=O)N1CCCCCC1)n2C. The van der Waals surface area contributed by atoms with Crippen LogP contribution in [0.25, 0.3) is 11.0 Å². The van der Waals surface area contributed by atoms with Gasteiger partial charge in [0.15, 0.2) is 0 Å². The molecule has 0 spiro atoms. The lowest BCUT2D eigenvalue weighted by Crippen LogP contribution is -2.32. The zero-order valence-electron chi connectivity index (χ0n) is 16.3. The number of fused-ring (bicyclic) bond motifs is 1. The van der Waals surface area contributed by atoms with Crippen LogP contribution in [0, 0.1) is 0 Å². The molecule has 0 unspecified atom stereocenters. The molecular weight excluding hydrogens is 364 g/mol. The van der Waals surface area contributed by atoms with Gasteiger partial charge in [0.25, 0.3) is 0 Å². The Morgan fingerprint density at radius 1 is 1.15 bits per heavy atom. The molecule has 27 heavy (non-hydrogen) atoms. The maximum absolute atomic E-state index is 12.5. The highest BCUT2D eigenvalue weighted by Crippen LogP contribution is 2.22. The van der Waals surface area contributed by atoms with Crippen molar-refractivity contribution in [1.82, 2.24) is 18.8 Å². The first-order valence-corrected chi connectivity index (χ1v) is 10.9. The fraction of sp³-hybridized carbons (Fsp3) is 0.579. The average molecular weight is 393 g/mol. The Hall–Kier alpha value is -1.93. The molecule has 0 saturated carbocycles. The third-order valence-corrected chi connectivity index (χ3v) is 7.06. The number of aryl methyl sites for hydroxylation is 2. The van der Waals surface area contributed by atoms with E-state index in [1.165, 1.54) is 31.2 Å². The van der Waals surface area contributed by atoms with Gasteiger partial charge < -0.3 is 9.47 Å². The number of likely N-dealkylation sites (tertiary alicyclic amines) is 1. The van der Waals surface area contributed by atoms with Crippen LogP contribution in [0.4, 0.5) is 0 Å². The van der Waals surface area contributed by atoms with Crippen molar-refractivity contribution in [3.8, 4) is 0 Å². The largest absolute Gasteiger partial charge is 0.343 e. The Morgan fingerprint density at radius 2 is 1.81 bits per heavy atom. The molecule has 2 heterocycles. The van der Waals surface area contributed by atoms with E-state index in [1.54, 1.807) is 18.2 Å². The standard InChI is InChI=1S/C19H28N4O3S/c1-21(2)27(25,26)15-8-9-17-16(14-15)20-18(22(17)3)10-11-19(24)23-12-6-4-5-7-13-23/h8-9,14H,4-7,10-13H2,1-3H3. The highest BCUT2D eigenvalue weighted by molar-refractivity contribution is 7.89. The monoisotopic (exact) mass is 392 g/mol. The van der Waals surface area contributed by atoms with Crippen LogP contribution < -0.4 is 0 Å². The van der Waals surface area contributed by atoms with Crippen LogP contribution >= 0.6 is 0 Å². The molecule has 1 aromatic carbocycles. The summed E-state index contributed by atoms with van der Waals surface area (Å²) in [5, 5.41) is 0. The van der Waals surface area contributed by atoms with Crippen LogP contribution in [0.3, 0.4) is 0 Å². The van der Waals surface area contributed by atoms with Gasteiger partial charge >= 0.3 is 0 Å². The van der Waals surface area contributed by atoms with Crippen molar-refractivity contribution in [2.24, 2.45) is 7.05 Å². The topological polar surface area (TPSA) is 75.5 Å². The van der Waals surface area contributed by atoms with Crippen LogP contribution in [-0.2, 0) is 28.3 Å². The molecule has 0 radical (unpaired) electrons. The molecule has 1 amide bonds. The van der Waals surface area contributed by atoms with Crippen molar-refractivity contribution in [2.75, 3.05) is 27.2 Å². The third-order valence-electron chi connectivity index (χ3n) is 5.24. The highest BCUT2D eigenvalue weighted by atomic mass is 32.2. The van der Waals surface area contributed by atoms with Gasteiger partial charge in [0, 0.05) is 47.1 Å². The number of nitrogens with zero attached hydrogens (tertiary/aromatic N) is 4. The van der Waals surface area contributed by atoms with Crippen LogP contribution in [0.5, 0.6) is 0 Å². The van der Waals surface area contributed by atoms with E-state index in [4.69, 9.17) is 0 Å². The van der Waals surface area contributed by atoms with Gasteiger partial charge in [0.05, 0.1) is 15.9 Å². The summed E-state index contributed by atoms with van der Waals surface area (Å²) in [6.07, 6.45) is 5.55. The van der Waals surface area contributed by atoms with Gasteiger partial charge in [-0.05, 0) is 31.0 Å². The maximum atomic E-state index is 12.5. The van der Waals surface area contributed by atoms with Crippen molar-refractivity contribution in [3.63, 3.8) is 0 Å². The van der Waals surface area contributed by atoms with Gasteiger partial charge in [-0.1, -0.05) is 12.8 Å². The highest BCUT2D eigenvalue weighted by Gasteiger charge is 2.20. The molecule has 3 rings (SSSR count). The first-order chi connectivity index (χ1) is 12.8. The van der Waals surface area contributed by atoms with Gasteiger partial charge in [0.2, 0.25) is 15.9 Å². The second-order valence-electron chi connectivity index (χ2n) is 7.32. The fourth-order valence-corrected chi connectivity index (χ4v) is 4.44. The Labute approximate surface area is 161 Å². The van der Waals surface area contributed by atoms with Gasteiger partial charge in [-0.15, -0.1) is 0 Å². The summed E-state index contributed by atoms with van der Waals surface area (Å²) in [6.45, 7) is 1.71. The first kappa shape index (κ1) is 19.8. The van der Waals surface area contributed by atoms with Gasteiger partial charge in [-0.2, -0.15) is 0 Å². The second-order valence-corrected chi connectivity index (χ2v) is 9.47. The van der Waals surface area contributed by atoms with E-state index in [2.05, 4.69) is 4.98 Å². The van der Waals surface area contributed by atoms with E-state index < -0.39 is 10.0 Å². The summed E-state index contributed by atoms with van der Waals surface area (Å²) in [5.41, 5.74) is 1.50. The molecule has 8 heteroatoms. The van der Waals surface area contributed by atoms with Crippen LogP contribution in [-0.4, -0.2) is 60.3 Å². The van der Waals surface area contributed by atoms with E-state index in [0.29, 0.717) is 18.4 Å². The van der Waals surface area contributed by atoms with Crippen molar-refractivity contribution in [2.45, 2.75) is 43.4 Å². The van der Waals surface area contributed by atoms with E-state index in [0.717, 1.165) is 37.3 Å². The number of hydrogen-bond acceptors (Lipinski definition) is 4. The molecule has 1 aliphatic heterocycles. The lowest BCUT2D eigenvalue weighted by molar-refractivity contribution is -0.131. The number of hydrogen-bond donors (Lipinski definition) is 0. The normalized spacial score (nSPS) is 16.1. The molecule has 0 bridgehead atoms. The number of carbonyl (C=O) groups is 1. The summed E-state index contributed by atoms with van der Waals surface area (Å²) >= 11 is 0. The number of rotatable bonds is 5. The average Bonchev–Trinajstić information content (AvgIpc) is 2.81. The van der Waals surface area contributed by atoms with Crippen molar-refractivity contribution >= 4 is 27.0 Å². The zero-order chi connectivity index (χ0) is 19.6. The minimum absolute atomic E-state index is 0.180. The summed E-state index contributed by atoms with van der Waals surface area (Å²) < 4.78 is 27.8. The minimum atomic E-state index is -3.49. The molecule has 148 valence electrons. The van der Waals surface area contributed by atoms with Crippen molar-refractivity contribution in [1.29, 1.82) is 0 Å². The molecule has 1 fully saturated rings. The van der Waals surface area contributed by atoms with Crippen LogP contribution in [0.15, 0.2) is 23.1 Å². The Bertz CT molecular complexity index is 926. The Morgan fingerprint density at radius 3 is 2.44 bits per heavy atom. The Kier molecular flexibility index (Phi) is 5.86. The molecule has 1 aromatic heterocycles. The summed E-state index contributed by atoms with van der Waals surface area (Å²) in [5.74, 6) is 0.979. The summed E-state index contributed by atoms with van der Waals surface area (Å²) in [4.78, 5) is 19.3. The quantitative estimate of drug-likeness (QED) is 0.781. The lowest BCUT2D eigenvalue weighted by atomic mass is 10.2. The van der Waals surface area contributed by atoms with E-state index >= 15 is 0 Å². The van der Waals surface area contributed by atoms with E-state index in [1.807, 2.05) is 16.5 Å². The molecule has 0 N–H and O–H groups in total. The molecule has 0 atom stereocenters. The lowest BCUT2D eigenvalue weighted by Gasteiger charge is -2.20. The molecule has 7 nitrogen and oxygen atoms in total. The van der Waals surface area contributed by atoms with Crippen molar-refractivity contribution < 1.29 is 13.2 Å². The first-order valence-electron chi connectivity index (χ1n) is 9.46. The number of imidazole rings is 1. The molecule has 1 saturated heterocycles. The molecule has 0 aliphatic carbocycles. The van der Waals surface area contributed by atoms with Gasteiger partial charge in [-0.25, -0.2) is 17.7 Å². The second kappa shape index (κ2) is 7.98. The summed E-state index contributed by atoms with van der Waals surface area (Å²) in [7, 11) is 1.44. The molecule has 2 aromatic rings. The molecule has 1 aliphatic rings. The number of benzene rings is 1. The van der Waals surface area contributed by atoms with Crippen LogP contribution in [0.2, 0.25) is 0 Å². The molecular formula is C19H28N4O3S. The minimum Gasteiger partial charge on any atom is -0.343 e. The maximum Gasteiger partial charge on any atom is 0.242 e. The van der Waals surface area contributed by atoms with Gasteiger partial charge in [-0.3, -0.25) is 4.79 Å². The van der Waals surface area contributed by atoms with Crippen molar-refractivity contribution in [3.05, 3.63) is 24.0 Å². The fourth-order valence-electron chi connectivity index (χ4n) is 3.52. The zero-order valence-corrected chi connectivity index (χ0v) is 17.1. The predicted octanol–water partition coefficient (Wildman–Crippen LogP) is 2.16. The van der Waals surface area contributed by atoms with E-state index in [-0.39, 0.29) is 10.8 Å². The van der Waals surface area contributed by atoms with Crippen LogP contribution in [0.1, 0.15) is 37.9 Å². The Balaban J connectivity index is 1.77. The van der Waals surface area contributed by atoms with Gasteiger partial charge in [0.1, 0.15) is 5.82 Å². The smallest absolute Gasteiger partial charge is 0.242 e.